The number of esters is 1. The van der Waals surface area contributed by atoms with Crippen molar-refractivity contribution in [2.75, 3.05) is 6.61 Å². The Balaban J connectivity index is 2.55. The maximum atomic E-state index is 12.1. The molecule has 0 bridgehead atoms. The van der Waals surface area contributed by atoms with Crippen LogP contribution >= 0.6 is 0 Å². The molecule has 3 heteroatoms. The fourth-order valence-electron chi connectivity index (χ4n) is 2.00. The first-order chi connectivity index (χ1) is 9.91. The first-order valence-electron chi connectivity index (χ1n) is 7.17. The lowest BCUT2D eigenvalue weighted by Gasteiger charge is -2.19. The van der Waals surface area contributed by atoms with Gasteiger partial charge in [-0.05, 0) is 19.1 Å². The zero-order chi connectivity index (χ0) is 15.5. The number of aromatic nitrogens is 1. The van der Waals surface area contributed by atoms with Gasteiger partial charge < -0.3 is 4.74 Å². The largest absolute Gasteiger partial charge is 0.462 e. The molecule has 0 unspecified atom stereocenters. The normalized spacial score (nSPS) is 11.2. The second kappa shape index (κ2) is 6.08. The summed E-state index contributed by atoms with van der Waals surface area (Å²) in [5, 5.41) is 0. The fourth-order valence-corrected chi connectivity index (χ4v) is 2.00. The molecule has 0 radical (unpaired) electrons. The maximum Gasteiger partial charge on any atom is 0.338 e. The van der Waals surface area contributed by atoms with E-state index >= 15 is 0 Å². The zero-order valence-corrected chi connectivity index (χ0v) is 13.0. The molecule has 0 N–H and O–H groups in total. The van der Waals surface area contributed by atoms with Crippen LogP contribution in [0, 0.1) is 0 Å². The van der Waals surface area contributed by atoms with Gasteiger partial charge in [0, 0.05) is 16.7 Å². The lowest BCUT2D eigenvalue weighted by atomic mass is 9.90. The second-order valence-electron chi connectivity index (χ2n) is 5.96. The molecule has 1 aromatic heterocycles. The average Bonchev–Trinajstić information content (AvgIpc) is 2.47. The molecule has 0 saturated carbocycles. The Labute approximate surface area is 126 Å². The summed E-state index contributed by atoms with van der Waals surface area (Å²) < 4.78 is 5.12. The molecule has 0 aliphatic carbocycles. The second-order valence-corrected chi connectivity index (χ2v) is 5.96. The Morgan fingerprint density at radius 2 is 1.81 bits per heavy atom. The molecule has 1 heterocycles. The number of ether oxygens (including phenoxy) is 1. The molecule has 0 spiro atoms. The predicted octanol–water partition coefficient (Wildman–Crippen LogP) is 4.22. The quantitative estimate of drug-likeness (QED) is 0.792. The van der Waals surface area contributed by atoms with Gasteiger partial charge >= 0.3 is 5.97 Å². The van der Waals surface area contributed by atoms with E-state index in [0.29, 0.717) is 12.2 Å². The number of benzene rings is 1. The molecule has 0 aliphatic heterocycles. The molecule has 1 aromatic carbocycles. The molecule has 2 rings (SSSR count). The van der Waals surface area contributed by atoms with E-state index in [2.05, 4.69) is 20.8 Å². The van der Waals surface area contributed by atoms with Gasteiger partial charge in [0.25, 0.3) is 0 Å². The number of nitrogens with zero attached hydrogens (tertiary/aromatic N) is 1. The number of pyridine rings is 1. The SMILES string of the molecule is CCOC(=O)c1cc(-c2ccccc2)nc(C(C)(C)C)c1. The van der Waals surface area contributed by atoms with Crippen LogP contribution in [0.25, 0.3) is 11.3 Å². The van der Waals surface area contributed by atoms with E-state index in [1.165, 1.54) is 0 Å². The first kappa shape index (κ1) is 15.2. The number of hydrogen-bond acceptors (Lipinski definition) is 3. The fraction of sp³-hybridized carbons (Fsp3) is 0.333. The van der Waals surface area contributed by atoms with E-state index in [1.54, 1.807) is 6.07 Å². The van der Waals surface area contributed by atoms with Crippen LogP contribution in [0.4, 0.5) is 0 Å². The van der Waals surface area contributed by atoms with Gasteiger partial charge in [-0.3, -0.25) is 4.98 Å². The van der Waals surface area contributed by atoms with Crippen molar-refractivity contribution in [2.24, 2.45) is 0 Å². The minimum atomic E-state index is -0.303. The van der Waals surface area contributed by atoms with E-state index in [-0.39, 0.29) is 11.4 Å². The molecule has 0 atom stereocenters. The summed E-state index contributed by atoms with van der Waals surface area (Å²) in [5.41, 5.74) is 3.09. The number of rotatable bonds is 3. The summed E-state index contributed by atoms with van der Waals surface area (Å²) in [7, 11) is 0. The van der Waals surface area contributed by atoms with Crippen LogP contribution in [0.1, 0.15) is 43.7 Å². The minimum absolute atomic E-state index is 0.133. The molecule has 0 fully saturated rings. The van der Waals surface area contributed by atoms with Gasteiger partial charge in [-0.15, -0.1) is 0 Å². The molecular weight excluding hydrogens is 262 g/mol. The number of hydrogen-bond donors (Lipinski definition) is 0. The molecule has 0 saturated heterocycles. The molecule has 3 nitrogen and oxygen atoms in total. The number of carbonyl (C=O) groups excluding carboxylic acids is 1. The van der Waals surface area contributed by atoms with Gasteiger partial charge in [-0.1, -0.05) is 51.1 Å². The van der Waals surface area contributed by atoms with Crippen LogP contribution in [0.2, 0.25) is 0 Å². The summed E-state index contributed by atoms with van der Waals surface area (Å²) in [6.07, 6.45) is 0. The average molecular weight is 283 g/mol. The van der Waals surface area contributed by atoms with Crippen LogP contribution in [0.3, 0.4) is 0 Å². The third-order valence-corrected chi connectivity index (χ3v) is 3.17. The highest BCUT2D eigenvalue weighted by Crippen LogP contribution is 2.26. The summed E-state index contributed by atoms with van der Waals surface area (Å²) in [5.74, 6) is -0.303. The lowest BCUT2D eigenvalue weighted by Crippen LogP contribution is -2.16. The van der Waals surface area contributed by atoms with Crippen molar-refractivity contribution >= 4 is 5.97 Å². The van der Waals surface area contributed by atoms with E-state index in [0.717, 1.165) is 17.0 Å². The Hall–Kier alpha value is -2.16. The van der Waals surface area contributed by atoms with Gasteiger partial charge in [0.1, 0.15) is 0 Å². The Morgan fingerprint density at radius 1 is 1.14 bits per heavy atom. The Kier molecular flexibility index (Phi) is 4.41. The third-order valence-electron chi connectivity index (χ3n) is 3.17. The van der Waals surface area contributed by atoms with Crippen molar-refractivity contribution in [3.8, 4) is 11.3 Å². The van der Waals surface area contributed by atoms with Gasteiger partial charge in [0.15, 0.2) is 0 Å². The maximum absolute atomic E-state index is 12.1. The van der Waals surface area contributed by atoms with Gasteiger partial charge in [0.05, 0.1) is 17.9 Å². The van der Waals surface area contributed by atoms with Crippen LogP contribution in [0.5, 0.6) is 0 Å². The summed E-state index contributed by atoms with van der Waals surface area (Å²) in [6.45, 7) is 8.42. The molecule has 0 aliphatic rings. The summed E-state index contributed by atoms with van der Waals surface area (Å²) in [6, 6.07) is 13.5. The molecule has 21 heavy (non-hydrogen) atoms. The van der Waals surface area contributed by atoms with Crippen LogP contribution in [-0.2, 0) is 10.2 Å². The predicted molar refractivity (Wildman–Crippen MR) is 84.3 cm³/mol. The van der Waals surface area contributed by atoms with E-state index < -0.39 is 0 Å². The molecular formula is C18H21NO2. The zero-order valence-electron chi connectivity index (χ0n) is 13.0. The van der Waals surface area contributed by atoms with Gasteiger partial charge in [-0.25, -0.2) is 4.79 Å². The van der Waals surface area contributed by atoms with Crippen molar-refractivity contribution in [3.63, 3.8) is 0 Å². The smallest absolute Gasteiger partial charge is 0.338 e. The van der Waals surface area contributed by atoms with Gasteiger partial charge in [-0.2, -0.15) is 0 Å². The van der Waals surface area contributed by atoms with Crippen molar-refractivity contribution in [1.82, 2.24) is 4.98 Å². The van der Waals surface area contributed by atoms with E-state index in [1.807, 2.05) is 43.3 Å². The topological polar surface area (TPSA) is 39.2 Å². The van der Waals surface area contributed by atoms with Gasteiger partial charge in [0.2, 0.25) is 0 Å². The third kappa shape index (κ3) is 3.69. The van der Waals surface area contributed by atoms with Crippen LogP contribution in [-0.4, -0.2) is 17.6 Å². The Morgan fingerprint density at radius 3 is 2.38 bits per heavy atom. The summed E-state index contributed by atoms with van der Waals surface area (Å²) >= 11 is 0. The molecule has 0 amide bonds. The molecule has 2 aromatic rings. The molecule has 110 valence electrons. The van der Waals surface area contributed by atoms with Crippen molar-refractivity contribution in [1.29, 1.82) is 0 Å². The highest BCUT2D eigenvalue weighted by molar-refractivity contribution is 5.90. The van der Waals surface area contributed by atoms with Crippen LogP contribution < -0.4 is 0 Å². The first-order valence-corrected chi connectivity index (χ1v) is 7.17. The standard InChI is InChI=1S/C18H21NO2/c1-5-21-17(20)14-11-15(13-9-7-6-8-10-13)19-16(12-14)18(2,3)4/h6-12H,5H2,1-4H3. The number of carbonyl (C=O) groups is 1. The Bertz CT molecular complexity index is 627. The van der Waals surface area contributed by atoms with E-state index in [9.17, 15) is 4.79 Å². The summed E-state index contributed by atoms with van der Waals surface area (Å²) in [4.78, 5) is 16.8. The van der Waals surface area contributed by atoms with Crippen molar-refractivity contribution in [2.45, 2.75) is 33.1 Å². The van der Waals surface area contributed by atoms with Crippen LogP contribution in [0.15, 0.2) is 42.5 Å². The van der Waals surface area contributed by atoms with Crippen molar-refractivity contribution in [3.05, 3.63) is 53.7 Å². The highest BCUT2D eigenvalue weighted by Gasteiger charge is 2.20. The lowest BCUT2D eigenvalue weighted by molar-refractivity contribution is 0.0526. The highest BCUT2D eigenvalue weighted by atomic mass is 16.5. The monoisotopic (exact) mass is 283 g/mol. The van der Waals surface area contributed by atoms with Crippen molar-refractivity contribution < 1.29 is 9.53 Å². The minimum Gasteiger partial charge on any atom is -0.462 e. The van der Waals surface area contributed by atoms with E-state index in [4.69, 9.17) is 9.72 Å².